The van der Waals surface area contributed by atoms with Crippen LogP contribution in [0.1, 0.15) is 35.6 Å². The summed E-state index contributed by atoms with van der Waals surface area (Å²) in [6, 6.07) is 20.9. The predicted octanol–water partition coefficient (Wildman–Crippen LogP) is 5.00. The number of benzene rings is 3. The number of hydrazine groups is 1. The molecular weight excluding hydrogens is 553 g/mol. The maximum absolute atomic E-state index is 13.7. The van der Waals surface area contributed by atoms with Crippen molar-refractivity contribution in [1.82, 2.24) is 10.9 Å². The van der Waals surface area contributed by atoms with E-state index in [0.717, 1.165) is 10.0 Å². The number of aliphatic hydroxyl groups excluding tert-OH is 1. The summed E-state index contributed by atoms with van der Waals surface area (Å²) >= 11 is 3.59. The number of carbonyl (C=O) groups is 1. The van der Waals surface area contributed by atoms with Crippen molar-refractivity contribution in [2.75, 3.05) is 13.2 Å². The van der Waals surface area contributed by atoms with E-state index in [1.165, 1.54) is 12.1 Å². The molecular formula is C29H29BrFN3O4. The number of halogens is 2. The van der Waals surface area contributed by atoms with Gasteiger partial charge in [-0.1, -0.05) is 52.3 Å². The first kappa shape index (κ1) is 27.5. The molecule has 1 aliphatic heterocycles. The van der Waals surface area contributed by atoms with Crippen LogP contribution in [0, 0.1) is 5.82 Å². The molecule has 0 bridgehead atoms. The Hall–Kier alpha value is -3.53. The summed E-state index contributed by atoms with van der Waals surface area (Å²) in [5, 5.41) is 8.96. The minimum Gasteiger partial charge on any atom is -0.494 e. The molecule has 3 aromatic rings. The maximum atomic E-state index is 13.7. The van der Waals surface area contributed by atoms with E-state index < -0.39 is 17.6 Å². The van der Waals surface area contributed by atoms with Gasteiger partial charge in [0.2, 0.25) is 5.90 Å². The summed E-state index contributed by atoms with van der Waals surface area (Å²) in [6.07, 6.45) is 1.64. The highest BCUT2D eigenvalue weighted by Gasteiger charge is 2.53. The lowest BCUT2D eigenvalue weighted by molar-refractivity contribution is -0.129. The molecule has 3 N–H and O–H groups in total. The van der Waals surface area contributed by atoms with Crippen LogP contribution in [0.2, 0.25) is 0 Å². The zero-order chi connectivity index (χ0) is 27.0. The van der Waals surface area contributed by atoms with Crippen LogP contribution < -0.4 is 15.6 Å². The predicted molar refractivity (Wildman–Crippen MR) is 147 cm³/mol. The van der Waals surface area contributed by atoms with Crippen LogP contribution in [0.3, 0.4) is 0 Å². The molecule has 198 valence electrons. The summed E-state index contributed by atoms with van der Waals surface area (Å²) in [5.74, 6) is 0.207. The Bertz CT molecular complexity index is 1300. The average molecular weight is 582 g/mol. The summed E-state index contributed by atoms with van der Waals surface area (Å²) in [5.41, 5.74) is 6.40. The molecule has 0 aromatic heterocycles. The molecule has 4 rings (SSSR count). The Labute approximate surface area is 229 Å². The van der Waals surface area contributed by atoms with Crippen LogP contribution in [0.15, 0.2) is 94.9 Å². The van der Waals surface area contributed by atoms with Crippen molar-refractivity contribution < 1.29 is 23.8 Å². The van der Waals surface area contributed by atoms with Gasteiger partial charge >= 0.3 is 0 Å². The largest absolute Gasteiger partial charge is 0.494 e. The van der Waals surface area contributed by atoms with Crippen LogP contribution in [-0.4, -0.2) is 35.7 Å². The van der Waals surface area contributed by atoms with Gasteiger partial charge in [-0.2, -0.15) is 0 Å². The first-order valence-electron chi connectivity index (χ1n) is 12.2. The number of nitrogens with zero attached hydrogens (tertiary/aromatic N) is 1. The fraction of sp³-hybridized carbons (Fsp3) is 0.241. The third kappa shape index (κ3) is 6.30. The maximum Gasteiger partial charge on any atom is 0.266 e. The minimum atomic E-state index is -1.35. The third-order valence-corrected chi connectivity index (χ3v) is 6.78. The second-order valence-electron chi connectivity index (χ2n) is 8.74. The van der Waals surface area contributed by atoms with Gasteiger partial charge in [0.05, 0.1) is 6.61 Å². The number of rotatable bonds is 12. The van der Waals surface area contributed by atoms with Crippen molar-refractivity contribution >= 4 is 27.7 Å². The number of hydrogen-bond donors (Lipinski definition) is 3. The van der Waals surface area contributed by atoms with Gasteiger partial charge in [-0.25, -0.2) is 14.8 Å². The van der Waals surface area contributed by atoms with E-state index in [4.69, 9.17) is 19.6 Å². The Morgan fingerprint density at radius 3 is 2.68 bits per heavy atom. The fourth-order valence-corrected chi connectivity index (χ4v) is 4.67. The van der Waals surface area contributed by atoms with E-state index >= 15 is 0 Å². The number of amides is 1. The highest BCUT2D eigenvalue weighted by atomic mass is 79.9. The number of nitrogens with one attached hydrogen (secondary N) is 2. The zero-order valence-electron chi connectivity index (χ0n) is 20.7. The fourth-order valence-electron chi connectivity index (χ4n) is 4.18. The summed E-state index contributed by atoms with van der Waals surface area (Å²) in [7, 11) is 0. The Balaban J connectivity index is 1.62. The molecule has 1 aliphatic rings. The topological polar surface area (TPSA) is 92.2 Å². The number of carbonyl (C=O) groups excluding carboxylic acids is 1. The van der Waals surface area contributed by atoms with Crippen molar-refractivity contribution in [3.63, 3.8) is 0 Å². The van der Waals surface area contributed by atoms with Crippen molar-refractivity contribution in [2.45, 2.75) is 31.0 Å². The average Bonchev–Trinajstić information content (AvgIpc) is 3.30. The Morgan fingerprint density at radius 1 is 1.18 bits per heavy atom. The monoisotopic (exact) mass is 581 g/mol. The van der Waals surface area contributed by atoms with E-state index in [-0.39, 0.29) is 25.4 Å². The third-order valence-electron chi connectivity index (χ3n) is 6.06. The quantitative estimate of drug-likeness (QED) is 0.159. The summed E-state index contributed by atoms with van der Waals surface area (Å²) in [4.78, 5) is 18.6. The first-order valence-corrected chi connectivity index (χ1v) is 13.0. The molecule has 0 spiro atoms. The van der Waals surface area contributed by atoms with Crippen molar-refractivity contribution in [3.05, 3.63) is 112 Å². The standard InChI is InChI=1S/C29H29BrFN3O4/c1-2-15-29(28(36)34-32-19-20-7-5-8-22(31)18-20)26(24-9-3-4-10-25(24)30)38-27(33-29)21-11-13-23(14-12-21)37-17-6-16-35/h2-5,7-14,18,26,32,35H,1,6,15-17,19H2,(H,34,36)/t26-,29-/m0/s1. The van der Waals surface area contributed by atoms with Crippen LogP contribution in [0.25, 0.3) is 0 Å². The second kappa shape index (κ2) is 12.8. The molecule has 0 fully saturated rings. The molecule has 7 nitrogen and oxygen atoms in total. The van der Waals surface area contributed by atoms with Crippen LogP contribution in [0.4, 0.5) is 4.39 Å². The number of hydrogen-bond acceptors (Lipinski definition) is 6. The van der Waals surface area contributed by atoms with Crippen LogP contribution >= 0.6 is 15.9 Å². The normalized spacial score (nSPS) is 18.4. The molecule has 0 radical (unpaired) electrons. The van der Waals surface area contributed by atoms with Crippen molar-refractivity contribution in [2.24, 2.45) is 4.99 Å². The minimum absolute atomic E-state index is 0.0592. The van der Waals surface area contributed by atoms with Gasteiger partial charge in [-0.15, -0.1) is 6.58 Å². The van der Waals surface area contributed by atoms with Gasteiger partial charge in [0.1, 0.15) is 11.6 Å². The molecule has 1 amide bonds. The molecule has 0 aliphatic carbocycles. The molecule has 0 saturated carbocycles. The zero-order valence-corrected chi connectivity index (χ0v) is 22.3. The summed E-state index contributed by atoms with van der Waals surface area (Å²) < 4.78 is 26.3. The SMILES string of the molecule is C=CC[C@]1(C(=O)NNCc2cccc(F)c2)N=C(c2ccc(OCCCO)cc2)O[C@H]1c1ccccc1Br. The van der Waals surface area contributed by atoms with Crippen LogP contribution in [-0.2, 0) is 16.1 Å². The molecule has 2 atom stereocenters. The van der Waals surface area contributed by atoms with Crippen molar-refractivity contribution in [1.29, 1.82) is 0 Å². The number of aliphatic hydroxyl groups is 1. The van der Waals surface area contributed by atoms with E-state index in [1.54, 1.807) is 30.3 Å². The molecule has 1 heterocycles. The lowest BCUT2D eigenvalue weighted by Gasteiger charge is -2.30. The molecule has 9 heteroatoms. The van der Waals surface area contributed by atoms with E-state index in [0.29, 0.717) is 35.8 Å². The van der Waals surface area contributed by atoms with Crippen molar-refractivity contribution in [3.8, 4) is 5.75 Å². The second-order valence-corrected chi connectivity index (χ2v) is 9.60. The lowest BCUT2D eigenvalue weighted by Crippen LogP contribution is -2.52. The van der Waals surface area contributed by atoms with Crippen LogP contribution in [0.5, 0.6) is 5.75 Å². The van der Waals surface area contributed by atoms with Gasteiger partial charge in [0, 0.05) is 41.6 Å². The van der Waals surface area contributed by atoms with Gasteiger partial charge in [0.25, 0.3) is 5.91 Å². The van der Waals surface area contributed by atoms with Gasteiger partial charge < -0.3 is 14.6 Å². The molecule has 0 unspecified atom stereocenters. The molecule has 3 aromatic carbocycles. The van der Waals surface area contributed by atoms with E-state index in [1.807, 2.05) is 36.4 Å². The smallest absolute Gasteiger partial charge is 0.266 e. The summed E-state index contributed by atoms with van der Waals surface area (Å²) in [6.45, 7) is 4.56. The van der Waals surface area contributed by atoms with Gasteiger partial charge in [-0.3, -0.25) is 10.2 Å². The number of ether oxygens (including phenoxy) is 2. The highest BCUT2D eigenvalue weighted by molar-refractivity contribution is 9.10. The Morgan fingerprint density at radius 2 is 1.97 bits per heavy atom. The lowest BCUT2D eigenvalue weighted by atomic mass is 9.84. The van der Waals surface area contributed by atoms with E-state index in [9.17, 15) is 9.18 Å². The first-order chi connectivity index (χ1) is 18.5. The van der Waals surface area contributed by atoms with Gasteiger partial charge in [0.15, 0.2) is 11.6 Å². The molecule has 38 heavy (non-hydrogen) atoms. The van der Waals surface area contributed by atoms with Gasteiger partial charge in [-0.05, 0) is 48.0 Å². The number of aliphatic imine (C=N–C) groups is 1. The van der Waals surface area contributed by atoms with E-state index in [2.05, 4.69) is 33.4 Å². The highest BCUT2D eigenvalue weighted by Crippen LogP contribution is 2.44. The Kier molecular flexibility index (Phi) is 9.28. The molecule has 0 saturated heterocycles.